The average Bonchev–Trinajstić information content (AvgIpc) is 2.89. The summed E-state index contributed by atoms with van der Waals surface area (Å²) in [6, 6.07) is 7.20. The van der Waals surface area contributed by atoms with Crippen LogP contribution < -0.4 is 0 Å². The van der Waals surface area contributed by atoms with Crippen molar-refractivity contribution in [2.24, 2.45) is 0 Å². The first-order chi connectivity index (χ1) is 10.7. The maximum absolute atomic E-state index is 12.9. The molecule has 0 N–H and O–H groups in total. The van der Waals surface area contributed by atoms with Gasteiger partial charge in [0.05, 0.1) is 5.56 Å². The number of oxazole rings is 1. The first-order valence-electron chi connectivity index (χ1n) is 6.30. The van der Waals surface area contributed by atoms with Gasteiger partial charge in [-0.05, 0) is 36.4 Å². The molecule has 0 amide bonds. The maximum Gasteiger partial charge on any atom is 0.420 e. The molecule has 2 aromatic carbocycles. The number of aromatic nitrogens is 1. The Morgan fingerprint density at radius 1 is 0.783 bits per heavy atom. The minimum Gasteiger partial charge on any atom is -0.435 e. The van der Waals surface area contributed by atoms with Crippen molar-refractivity contribution in [1.29, 1.82) is 0 Å². The monoisotopic (exact) mass is 331 g/mol. The highest BCUT2D eigenvalue weighted by Crippen LogP contribution is 2.37. The van der Waals surface area contributed by atoms with Gasteiger partial charge in [0.15, 0.2) is 5.58 Å². The SMILES string of the molecule is FC(F)(F)c1ccc(-c2nc3cccc(C(F)(F)F)c3o2)cc1. The molecule has 0 unspecified atom stereocenters. The fraction of sp³-hybridized carbons (Fsp3) is 0.133. The molecule has 0 saturated carbocycles. The van der Waals surface area contributed by atoms with Gasteiger partial charge in [0.1, 0.15) is 11.1 Å². The van der Waals surface area contributed by atoms with E-state index in [1.165, 1.54) is 12.1 Å². The largest absolute Gasteiger partial charge is 0.435 e. The molecule has 0 radical (unpaired) electrons. The zero-order chi connectivity index (χ0) is 16.8. The molecule has 0 aliphatic heterocycles. The molecule has 23 heavy (non-hydrogen) atoms. The van der Waals surface area contributed by atoms with Gasteiger partial charge in [-0.25, -0.2) is 4.98 Å². The van der Waals surface area contributed by atoms with Crippen LogP contribution in [0, 0.1) is 0 Å². The van der Waals surface area contributed by atoms with E-state index >= 15 is 0 Å². The van der Waals surface area contributed by atoms with Crippen LogP contribution in [0.3, 0.4) is 0 Å². The van der Waals surface area contributed by atoms with Crippen LogP contribution >= 0.6 is 0 Å². The fourth-order valence-corrected chi connectivity index (χ4v) is 2.10. The quantitative estimate of drug-likeness (QED) is 0.548. The van der Waals surface area contributed by atoms with Crippen LogP contribution in [-0.4, -0.2) is 4.98 Å². The molecular weight excluding hydrogens is 324 g/mol. The zero-order valence-corrected chi connectivity index (χ0v) is 11.2. The number of hydrogen-bond donors (Lipinski definition) is 0. The number of nitrogens with zero attached hydrogens (tertiary/aromatic N) is 1. The molecular formula is C15H7F6NO. The van der Waals surface area contributed by atoms with E-state index in [4.69, 9.17) is 4.42 Å². The lowest BCUT2D eigenvalue weighted by Gasteiger charge is -2.06. The van der Waals surface area contributed by atoms with Crippen LogP contribution in [-0.2, 0) is 12.4 Å². The predicted octanol–water partition coefficient (Wildman–Crippen LogP) is 5.53. The molecule has 0 saturated heterocycles. The van der Waals surface area contributed by atoms with Gasteiger partial charge < -0.3 is 4.42 Å². The predicted molar refractivity (Wildman–Crippen MR) is 69.4 cm³/mol. The van der Waals surface area contributed by atoms with Crippen molar-refractivity contribution >= 4 is 11.1 Å². The minimum absolute atomic E-state index is 0.0188. The third-order valence-electron chi connectivity index (χ3n) is 3.18. The summed E-state index contributed by atoms with van der Waals surface area (Å²) in [5, 5.41) is 0. The van der Waals surface area contributed by atoms with E-state index in [0.29, 0.717) is 0 Å². The Balaban J connectivity index is 2.08. The molecule has 3 aromatic rings. The Labute approximate surface area is 125 Å². The highest BCUT2D eigenvalue weighted by molar-refractivity contribution is 5.79. The van der Waals surface area contributed by atoms with Gasteiger partial charge in [-0.1, -0.05) is 6.07 Å². The summed E-state index contributed by atoms with van der Waals surface area (Å²) < 4.78 is 81.4. The lowest BCUT2D eigenvalue weighted by molar-refractivity contribution is -0.138. The summed E-state index contributed by atoms with van der Waals surface area (Å²) in [5.74, 6) is -0.176. The Kier molecular flexibility index (Phi) is 3.35. The molecule has 0 atom stereocenters. The number of halogens is 6. The second-order valence-corrected chi connectivity index (χ2v) is 4.75. The van der Waals surface area contributed by atoms with Crippen molar-refractivity contribution in [2.75, 3.05) is 0 Å². The number of rotatable bonds is 1. The molecule has 0 bridgehead atoms. The van der Waals surface area contributed by atoms with Crippen molar-refractivity contribution < 1.29 is 30.8 Å². The van der Waals surface area contributed by atoms with E-state index in [1.807, 2.05) is 0 Å². The van der Waals surface area contributed by atoms with Gasteiger partial charge in [0.2, 0.25) is 5.89 Å². The smallest absolute Gasteiger partial charge is 0.420 e. The number of para-hydroxylation sites is 1. The second kappa shape index (κ2) is 5.00. The van der Waals surface area contributed by atoms with Crippen LogP contribution in [0.15, 0.2) is 46.9 Å². The lowest BCUT2D eigenvalue weighted by atomic mass is 10.1. The normalized spacial score (nSPS) is 12.8. The second-order valence-electron chi connectivity index (χ2n) is 4.75. The van der Waals surface area contributed by atoms with Gasteiger partial charge in [-0.2, -0.15) is 26.3 Å². The molecule has 3 rings (SSSR count). The summed E-state index contributed by atoms with van der Waals surface area (Å²) in [6.45, 7) is 0. The van der Waals surface area contributed by atoms with Crippen molar-refractivity contribution in [3.63, 3.8) is 0 Å². The Hall–Kier alpha value is -2.51. The van der Waals surface area contributed by atoms with Crippen molar-refractivity contribution in [3.05, 3.63) is 53.6 Å². The van der Waals surface area contributed by atoms with E-state index in [2.05, 4.69) is 4.98 Å². The van der Waals surface area contributed by atoms with Gasteiger partial charge in [0.25, 0.3) is 0 Å². The van der Waals surface area contributed by atoms with Crippen molar-refractivity contribution in [1.82, 2.24) is 4.98 Å². The molecule has 0 aliphatic carbocycles. The standard InChI is InChI=1S/C15H7F6NO/c16-14(17,18)9-6-4-8(5-7-9)13-22-11-3-1-2-10(12(11)23-13)15(19,20)21/h1-7H. The summed E-state index contributed by atoms with van der Waals surface area (Å²) in [6.07, 6.45) is -9.11. The van der Waals surface area contributed by atoms with Gasteiger partial charge in [-0.15, -0.1) is 0 Å². The van der Waals surface area contributed by atoms with E-state index in [1.54, 1.807) is 0 Å². The van der Waals surface area contributed by atoms with E-state index < -0.39 is 29.1 Å². The van der Waals surface area contributed by atoms with Crippen LogP contribution in [0.2, 0.25) is 0 Å². The molecule has 0 aliphatic rings. The molecule has 2 nitrogen and oxygen atoms in total. The van der Waals surface area contributed by atoms with E-state index in [9.17, 15) is 26.3 Å². The van der Waals surface area contributed by atoms with Gasteiger partial charge in [0, 0.05) is 5.56 Å². The Bertz CT molecular complexity index is 845. The zero-order valence-electron chi connectivity index (χ0n) is 11.2. The summed E-state index contributed by atoms with van der Waals surface area (Å²) >= 11 is 0. The molecule has 8 heteroatoms. The number of benzene rings is 2. The Morgan fingerprint density at radius 2 is 1.43 bits per heavy atom. The molecule has 0 fully saturated rings. The average molecular weight is 331 g/mol. The molecule has 1 aromatic heterocycles. The van der Waals surface area contributed by atoms with Crippen LogP contribution in [0.25, 0.3) is 22.6 Å². The van der Waals surface area contributed by atoms with Gasteiger partial charge >= 0.3 is 12.4 Å². The van der Waals surface area contributed by atoms with E-state index in [0.717, 1.165) is 30.3 Å². The Morgan fingerprint density at radius 3 is 2.00 bits per heavy atom. The summed E-state index contributed by atoms with van der Waals surface area (Å²) in [7, 11) is 0. The number of alkyl halides is 6. The van der Waals surface area contributed by atoms with Gasteiger partial charge in [-0.3, -0.25) is 0 Å². The topological polar surface area (TPSA) is 26.0 Å². The summed E-state index contributed by atoms with van der Waals surface area (Å²) in [4.78, 5) is 3.90. The third-order valence-corrected chi connectivity index (χ3v) is 3.18. The van der Waals surface area contributed by atoms with Crippen molar-refractivity contribution in [2.45, 2.75) is 12.4 Å². The van der Waals surface area contributed by atoms with Crippen molar-refractivity contribution in [3.8, 4) is 11.5 Å². The van der Waals surface area contributed by atoms with E-state index in [-0.39, 0.29) is 17.0 Å². The lowest BCUT2D eigenvalue weighted by Crippen LogP contribution is -2.04. The van der Waals surface area contributed by atoms with Crippen LogP contribution in [0.4, 0.5) is 26.3 Å². The van der Waals surface area contributed by atoms with Crippen LogP contribution in [0.5, 0.6) is 0 Å². The highest BCUT2D eigenvalue weighted by Gasteiger charge is 2.35. The first-order valence-corrected chi connectivity index (χ1v) is 6.30. The highest BCUT2D eigenvalue weighted by atomic mass is 19.4. The summed E-state index contributed by atoms with van der Waals surface area (Å²) in [5.41, 5.74) is -2.17. The molecule has 0 spiro atoms. The van der Waals surface area contributed by atoms with Crippen LogP contribution in [0.1, 0.15) is 11.1 Å². The maximum atomic E-state index is 12.9. The molecule has 1 heterocycles. The first kappa shape index (κ1) is 15.4. The number of fused-ring (bicyclic) bond motifs is 1. The number of hydrogen-bond acceptors (Lipinski definition) is 2. The fourth-order valence-electron chi connectivity index (χ4n) is 2.10. The molecule has 120 valence electrons. The minimum atomic E-state index is -4.61. The third kappa shape index (κ3) is 2.88.